The number of rotatable bonds is 4. The third-order valence-corrected chi connectivity index (χ3v) is 4.23. The standard InChI is InChI=1S/C18H21N3O3/c19-15(13-14-5-2-1-3-6-14)17(22)20-8-10-21(11-9-20)18(23)16-7-4-12-24-16/h1-7,12,15H,8-11,13,19H2/t15-/m0/s1. The molecule has 126 valence electrons. The SMILES string of the molecule is N[C@@H](Cc1ccccc1)C(=O)N1CCN(C(=O)c2ccco2)CC1. The van der Waals surface area contributed by atoms with Crippen LogP contribution in [-0.4, -0.2) is 53.8 Å². The largest absolute Gasteiger partial charge is 0.459 e. The number of amides is 2. The van der Waals surface area contributed by atoms with Crippen molar-refractivity contribution in [2.45, 2.75) is 12.5 Å². The van der Waals surface area contributed by atoms with Crippen molar-refractivity contribution >= 4 is 11.8 Å². The van der Waals surface area contributed by atoms with Gasteiger partial charge in [-0.2, -0.15) is 0 Å². The summed E-state index contributed by atoms with van der Waals surface area (Å²) in [6.45, 7) is 1.97. The zero-order valence-corrected chi connectivity index (χ0v) is 13.4. The van der Waals surface area contributed by atoms with E-state index in [2.05, 4.69) is 0 Å². The minimum absolute atomic E-state index is 0.0658. The van der Waals surface area contributed by atoms with E-state index in [1.165, 1.54) is 6.26 Å². The van der Waals surface area contributed by atoms with Gasteiger partial charge in [-0.05, 0) is 24.1 Å². The summed E-state index contributed by atoms with van der Waals surface area (Å²) in [7, 11) is 0. The zero-order chi connectivity index (χ0) is 16.9. The van der Waals surface area contributed by atoms with Gasteiger partial charge in [-0.3, -0.25) is 9.59 Å². The molecule has 2 heterocycles. The van der Waals surface area contributed by atoms with Crippen molar-refractivity contribution < 1.29 is 14.0 Å². The Labute approximate surface area is 140 Å². The Bertz CT molecular complexity index is 677. The topological polar surface area (TPSA) is 79.8 Å². The van der Waals surface area contributed by atoms with Crippen LogP contribution in [0, 0.1) is 0 Å². The van der Waals surface area contributed by atoms with E-state index in [0.29, 0.717) is 38.4 Å². The normalized spacial score (nSPS) is 16.0. The Morgan fingerprint density at radius 2 is 1.67 bits per heavy atom. The summed E-state index contributed by atoms with van der Waals surface area (Å²) in [5.74, 6) is 0.125. The minimum atomic E-state index is -0.556. The number of carbonyl (C=O) groups is 2. The van der Waals surface area contributed by atoms with Crippen molar-refractivity contribution in [2.75, 3.05) is 26.2 Å². The van der Waals surface area contributed by atoms with E-state index < -0.39 is 6.04 Å². The molecular formula is C18H21N3O3. The number of hydrogen-bond acceptors (Lipinski definition) is 4. The molecule has 0 unspecified atom stereocenters. The molecule has 3 rings (SSSR count). The zero-order valence-electron chi connectivity index (χ0n) is 13.4. The molecule has 1 aliphatic rings. The summed E-state index contributed by atoms with van der Waals surface area (Å²) in [5, 5.41) is 0. The van der Waals surface area contributed by atoms with Gasteiger partial charge in [-0.25, -0.2) is 0 Å². The lowest BCUT2D eigenvalue weighted by Gasteiger charge is -2.35. The molecule has 1 aromatic heterocycles. The van der Waals surface area contributed by atoms with Gasteiger partial charge in [0.15, 0.2) is 5.76 Å². The van der Waals surface area contributed by atoms with Crippen LogP contribution < -0.4 is 5.73 Å². The average Bonchev–Trinajstić information content (AvgIpc) is 3.16. The van der Waals surface area contributed by atoms with Crippen LogP contribution in [0.2, 0.25) is 0 Å². The molecule has 2 N–H and O–H groups in total. The molecule has 24 heavy (non-hydrogen) atoms. The van der Waals surface area contributed by atoms with Crippen LogP contribution in [0.1, 0.15) is 16.1 Å². The van der Waals surface area contributed by atoms with E-state index >= 15 is 0 Å². The highest BCUT2D eigenvalue weighted by Crippen LogP contribution is 2.11. The van der Waals surface area contributed by atoms with Crippen molar-refractivity contribution in [1.29, 1.82) is 0 Å². The van der Waals surface area contributed by atoms with E-state index in [-0.39, 0.29) is 11.8 Å². The summed E-state index contributed by atoms with van der Waals surface area (Å²) in [5.41, 5.74) is 7.11. The van der Waals surface area contributed by atoms with Crippen LogP contribution in [0.25, 0.3) is 0 Å². The van der Waals surface area contributed by atoms with Gasteiger partial charge in [0.25, 0.3) is 5.91 Å². The molecule has 2 amide bonds. The van der Waals surface area contributed by atoms with Gasteiger partial charge in [0.1, 0.15) is 0 Å². The van der Waals surface area contributed by atoms with Crippen molar-refractivity contribution in [3.05, 3.63) is 60.1 Å². The first kappa shape index (κ1) is 16.3. The molecule has 1 aliphatic heterocycles. The molecule has 1 saturated heterocycles. The second-order valence-corrected chi connectivity index (χ2v) is 5.89. The monoisotopic (exact) mass is 327 g/mol. The molecule has 0 aliphatic carbocycles. The summed E-state index contributed by atoms with van der Waals surface area (Å²) >= 11 is 0. The fourth-order valence-electron chi connectivity index (χ4n) is 2.88. The number of piperazine rings is 1. The van der Waals surface area contributed by atoms with Crippen LogP contribution in [0.15, 0.2) is 53.1 Å². The van der Waals surface area contributed by atoms with Gasteiger partial charge < -0.3 is 20.0 Å². The van der Waals surface area contributed by atoms with Crippen LogP contribution in [0.5, 0.6) is 0 Å². The number of nitrogens with zero attached hydrogens (tertiary/aromatic N) is 2. The first-order chi connectivity index (χ1) is 11.6. The van der Waals surface area contributed by atoms with Crippen LogP contribution in [0.3, 0.4) is 0 Å². The highest BCUT2D eigenvalue weighted by molar-refractivity contribution is 5.91. The molecule has 0 bridgehead atoms. The van der Waals surface area contributed by atoms with E-state index in [0.717, 1.165) is 5.56 Å². The molecule has 2 aromatic rings. The van der Waals surface area contributed by atoms with Crippen molar-refractivity contribution in [3.8, 4) is 0 Å². The average molecular weight is 327 g/mol. The van der Waals surface area contributed by atoms with E-state index in [1.54, 1.807) is 21.9 Å². The van der Waals surface area contributed by atoms with Gasteiger partial charge >= 0.3 is 0 Å². The second kappa shape index (κ2) is 7.31. The van der Waals surface area contributed by atoms with Crippen LogP contribution in [0.4, 0.5) is 0 Å². The van der Waals surface area contributed by atoms with Gasteiger partial charge in [-0.15, -0.1) is 0 Å². The lowest BCUT2D eigenvalue weighted by atomic mass is 10.1. The second-order valence-electron chi connectivity index (χ2n) is 5.89. The molecule has 0 radical (unpaired) electrons. The summed E-state index contributed by atoms with van der Waals surface area (Å²) in [6, 6.07) is 12.5. The molecule has 1 atom stereocenters. The fourth-order valence-corrected chi connectivity index (χ4v) is 2.88. The van der Waals surface area contributed by atoms with Crippen LogP contribution in [-0.2, 0) is 11.2 Å². The quantitative estimate of drug-likeness (QED) is 0.913. The van der Waals surface area contributed by atoms with Gasteiger partial charge in [0.05, 0.1) is 12.3 Å². The maximum Gasteiger partial charge on any atom is 0.289 e. The van der Waals surface area contributed by atoms with Gasteiger partial charge in [-0.1, -0.05) is 30.3 Å². The smallest absolute Gasteiger partial charge is 0.289 e. The summed E-state index contributed by atoms with van der Waals surface area (Å²) in [6.07, 6.45) is 2.00. The maximum atomic E-state index is 12.5. The molecule has 6 heteroatoms. The lowest BCUT2D eigenvalue weighted by Crippen LogP contribution is -2.54. The fraction of sp³-hybridized carbons (Fsp3) is 0.333. The number of hydrogen-bond donors (Lipinski definition) is 1. The molecule has 0 saturated carbocycles. The molecular weight excluding hydrogens is 306 g/mol. The Balaban J connectivity index is 1.52. The Kier molecular flexibility index (Phi) is 4.96. The van der Waals surface area contributed by atoms with E-state index in [4.69, 9.17) is 10.2 Å². The van der Waals surface area contributed by atoms with Crippen molar-refractivity contribution in [3.63, 3.8) is 0 Å². The Hall–Kier alpha value is -2.60. The molecule has 6 nitrogen and oxygen atoms in total. The first-order valence-corrected chi connectivity index (χ1v) is 8.06. The first-order valence-electron chi connectivity index (χ1n) is 8.06. The number of benzene rings is 1. The Morgan fingerprint density at radius 1 is 1.00 bits per heavy atom. The summed E-state index contributed by atoms with van der Waals surface area (Å²) < 4.78 is 5.14. The number of carbonyl (C=O) groups excluding carboxylic acids is 2. The summed E-state index contributed by atoms with van der Waals surface area (Å²) in [4.78, 5) is 28.1. The predicted molar refractivity (Wildman–Crippen MR) is 89.3 cm³/mol. The highest BCUT2D eigenvalue weighted by atomic mass is 16.3. The molecule has 0 spiro atoms. The Morgan fingerprint density at radius 3 is 2.29 bits per heavy atom. The van der Waals surface area contributed by atoms with Gasteiger partial charge in [0.2, 0.25) is 5.91 Å². The number of furan rings is 1. The lowest BCUT2D eigenvalue weighted by molar-refractivity contribution is -0.134. The molecule has 1 aromatic carbocycles. The predicted octanol–water partition coefficient (Wildman–Crippen LogP) is 1.13. The van der Waals surface area contributed by atoms with Crippen LogP contribution >= 0.6 is 0 Å². The highest BCUT2D eigenvalue weighted by Gasteiger charge is 2.28. The number of nitrogens with two attached hydrogens (primary N) is 1. The van der Waals surface area contributed by atoms with Gasteiger partial charge in [0, 0.05) is 26.2 Å². The molecule has 1 fully saturated rings. The van der Waals surface area contributed by atoms with E-state index in [1.807, 2.05) is 30.3 Å². The third kappa shape index (κ3) is 3.65. The maximum absolute atomic E-state index is 12.5. The van der Waals surface area contributed by atoms with Crippen molar-refractivity contribution in [1.82, 2.24) is 9.80 Å². The minimum Gasteiger partial charge on any atom is -0.459 e. The third-order valence-electron chi connectivity index (χ3n) is 4.23. The van der Waals surface area contributed by atoms with E-state index in [9.17, 15) is 9.59 Å². The van der Waals surface area contributed by atoms with Crippen molar-refractivity contribution in [2.24, 2.45) is 5.73 Å².